The number of rotatable bonds is 31. The van der Waals surface area contributed by atoms with Crippen LogP contribution in [0.5, 0.6) is 0 Å². The molecule has 1 aliphatic rings. The van der Waals surface area contributed by atoms with Gasteiger partial charge in [-0.1, -0.05) is 106 Å². The van der Waals surface area contributed by atoms with Crippen LogP contribution in [0.4, 0.5) is 0 Å². The Kier molecular flexibility index (Phi) is 26.7. The van der Waals surface area contributed by atoms with E-state index in [0.29, 0.717) is 50.6 Å². The summed E-state index contributed by atoms with van der Waals surface area (Å²) >= 11 is 0. The van der Waals surface area contributed by atoms with Crippen LogP contribution in [0.2, 0.25) is 0 Å². The molecule has 1 saturated heterocycles. The summed E-state index contributed by atoms with van der Waals surface area (Å²) in [6.07, 6.45) is 20.7. The molecule has 1 heterocycles. The molecule has 0 aromatic heterocycles. The van der Waals surface area contributed by atoms with Gasteiger partial charge in [-0.15, -0.1) is 0 Å². The molecular formula is C39H77NO5. The first-order valence-electron chi connectivity index (χ1n) is 19.6. The summed E-state index contributed by atoms with van der Waals surface area (Å²) in [7, 11) is 0. The van der Waals surface area contributed by atoms with Crippen molar-refractivity contribution in [3.05, 3.63) is 0 Å². The third kappa shape index (κ3) is 21.0. The Morgan fingerprint density at radius 2 is 1.04 bits per heavy atom. The van der Waals surface area contributed by atoms with Gasteiger partial charge in [0.15, 0.2) is 0 Å². The van der Waals surface area contributed by atoms with Gasteiger partial charge in [-0.3, -0.25) is 4.79 Å². The van der Waals surface area contributed by atoms with Crippen molar-refractivity contribution in [3.8, 4) is 0 Å². The second-order valence-corrected chi connectivity index (χ2v) is 14.3. The number of nitrogens with zero attached hydrogens (tertiary/aromatic N) is 1. The highest BCUT2D eigenvalue weighted by molar-refractivity contribution is 5.69. The molecule has 0 spiro atoms. The van der Waals surface area contributed by atoms with Crippen LogP contribution in [0.3, 0.4) is 0 Å². The number of carbonyl (C=O) groups excluding carboxylic acids is 1. The van der Waals surface area contributed by atoms with Crippen molar-refractivity contribution >= 4 is 5.97 Å². The SMILES string of the molecule is CCCCC(CC)COCC(COCC(CC)CCCC)(COCC(CC)CCCC)COC(=O)CCCCN1CCCCC1. The molecule has 0 bridgehead atoms. The van der Waals surface area contributed by atoms with Gasteiger partial charge >= 0.3 is 5.97 Å². The highest BCUT2D eigenvalue weighted by Gasteiger charge is 2.35. The maximum Gasteiger partial charge on any atom is 0.305 e. The summed E-state index contributed by atoms with van der Waals surface area (Å²) in [6.45, 7) is 21.1. The lowest BCUT2D eigenvalue weighted by molar-refractivity contribution is -0.157. The van der Waals surface area contributed by atoms with Crippen LogP contribution in [0.1, 0.15) is 157 Å². The third-order valence-corrected chi connectivity index (χ3v) is 10.0. The second kappa shape index (κ2) is 28.3. The number of unbranched alkanes of at least 4 members (excludes halogenated alkanes) is 4. The maximum absolute atomic E-state index is 13.0. The highest BCUT2D eigenvalue weighted by Crippen LogP contribution is 2.25. The average molecular weight is 640 g/mol. The van der Waals surface area contributed by atoms with Crippen LogP contribution in [0, 0.1) is 23.2 Å². The van der Waals surface area contributed by atoms with Crippen molar-refractivity contribution in [1.82, 2.24) is 4.90 Å². The van der Waals surface area contributed by atoms with Crippen molar-refractivity contribution in [2.24, 2.45) is 23.2 Å². The quantitative estimate of drug-likeness (QED) is 0.0556. The van der Waals surface area contributed by atoms with Crippen LogP contribution < -0.4 is 0 Å². The van der Waals surface area contributed by atoms with E-state index in [1.54, 1.807) is 0 Å². The number of esters is 1. The Labute approximate surface area is 280 Å². The van der Waals surface area contributed by atoms with Gasteiger partial charge in [0.2, 0.25) is 0 Å². The minimum atomic E-state index is -0.501. The van der Waals surface area contributed by atoms with Gasteiger partial charge in [0.05, 0.1) is 25.2 Å². The van der Waals surface area contributed by atoms with Gasteiger partial charge in [0, 0.05) is 26.2 Å². The molecule has 0 aromatic rings. The fourth-order valence-electron chi connectivity index (χ4n) is 6.36. The van der Waals surface area contributed by atoms with Gasteiger partial charge in [-0.05, 0) is 82.3 Å². The Bertz CT molecular complexity index is 613. The summed E-state index contributed by atoms with van der Waals surface area (Å²) < 4.78 is 25.5. The summed E-state index contributed by atoms with van der Waals surface area (Å²) in [5.41, 5.74) is -0.501. The summed E-state index contributed by atoms with van der Waals surface area (Å²) in [5.74, 6) is 1.58. The first-order chi connectivity index (χ1) is 21.9. The van der Waals surface area contributed by atoms with E-state index in [2.05, 4.69) is 46.4 Å². The number of piperidine rings is 1. The monoisotopic (exact) mass is 640 g/mol. The van der Waals surface area contributed by atoms with Crippen molar-refractivity contribution in [3.63, 3.8) is 0 Å². The third-order valence-electron chi connectivity index (χ3n) is 10.0. The number of hydrogen-bond donors (Lipinski definition) is 0. The molecule has 0 aromatic carbocycles. The van der Waals surface area contributed by atoms with E-state index in [1.165, 1.54) is 90.1 Å². The van der Waals surface area contributed by atoms with E-state index in [-0.39, 0.29) is 5.97 Å². The van der Waals surface area contributed by atoms with Crippen LogP contribution in [-0.2, 0) is 23.7 Å². The topological polar surface area (TPSA) is 57.2 Å². The van der Waals surface area contributed by atoms with E-state index in [1.807, 2.05) is 0 Å². The zero-order valence-corrected chi connectivity index (χ0v) is 31.0. The minimum absolute atomic E-state index is 0.101. The van der Waals surface area contributed by atoms with Gasteiger partial charge in [0.25, 0.3) is 0 Å². The minimum Gasteiger partial charge on any atom is -0.465 e. The average Bonchev–Trinajstić information content (AvgIpc) is 3.07. The summed E-state index contributed by atoms with van der Waals surface area (Å²) in [5, 5.41) is 0. The normalized spacial score (nSPS) is 17.6. The molecule has 6 nitrogen and oxygen atoms in total. The van der Waals surface area contributed by atoms with Crippen molar-refractivity contribution in [2.45, 2.75) is 157 Å². The number of likely N-dealkylation sites (tertiary alicyclic amines) is 1. The molecule has 1 fully saturated rings. The number of ether oxygens (including phenoxy) is 4. The van der Waals surface area contributed by atoms with E-state index < -0.39 is 5.41 Å². The van der Waals surface area contributed by atoms with Crippen LogP contribution >= 0.6 is 0 Å². The van der Waals surface area contributed by atoms with Crippen LogP contribution in [0.15, 0.2) is 0 Å². The maximum atomic E-state index is 13.0. The lowest BCUT2D eigenvalue weighted by atomic mass is 9.91. The summed E-state index contributed by atoms with van der Waals surface area (Å²) in [6, 6.07) is 0. The Morgan fingerprint density at radius 3 is 1.44 bits per heavy atom. The largest absolute Gasteiger partial charge is 0.465 e. The van der Waals surface area contributed by atoms with E-state index in [0.717, 1.165) is 58.5 Å². The molecule has 0 aliphatic carbocycles. The predicted molar refractivity (Wildman–Crippen MR) is 190 cm³/mol. The van der Waals surface area contributed by atoms with E-state index >= 15 is 0 Å². The molecule has 6 heteroatoms. The smallest absolute Gasteiger partial charge is 0.305 e. The predicted octanol–water partition coefficient (Wildman–Crippen LogP) is 9.87. The van der Waals surface area contributed by atoms with Crippen molar-refractivity contribution in [1.29, 1.82) is 0 Å². The molecular weight excluding hydrogens is 562 g/mol. The Morgan fingerprint density at radius 1 is 0.600 bits per heavy atom. The molecule has 3 unspecified atom stereocenters. The highest BCUT2D eigenvalue weighted by atomic mass is 16.5. The first kappa shape index (κ1) is 42.3. The van der Waals surface area contributed by atoms with Gasteiger partial charge < -0.3 is 23.8 Å². The van der Waals surface area contributed by atoms with E-state index in [4.69, 9.17) is 18.9 Å². The Hall–Kier alpha value is -0.690. The Balaban J connectivity index is 2.91. The zero-order valence-electron chi connectivity index (χ0n) is 31.0. The molecule has 0 amide bonds. The molecule has 268 valence electrons. The van der Waals surface area contributed by atoms with Crippen LogP contribution in [-0.4, -0.2) is 76.8 Å². The number of carbonyl (C=O) groups is 1. The number of hydrogen-bond acceptors (Lipinski definition) is 6. The fraction of sp³-hybridized carbons (Fsp3) is 0.974. The lowest BCUT2D eigenvalue weighted by Crippen LogP contribution is -2.43. The van der Waals surface area contributed by atoms with Gasteiger partial charge in [0.1, 0.15) is 6.61 Å². The molecule has 1 rings (SSSR count). The molecule has 0 saturated carbocycles. The molecule has 1 aliphatic heterocycles. The van der Waals surface area contributed by atoms with Gasteiger partial charge in [-0.2, -0.15) is 0 Å². The molecule has 3 atom stereocenters. The molecule has 0 radical (unpaired) electrons. The summed E-state index contributed by atoms with van der Waals surface area (Å²) in [4.78, 5) is 15.6. The van der Waals surface area contributed by atoms with Crippen molar-refractivity contribution < 1.29 is 23.7 Å². The molecule has 45 heavy (non-hydrogen) atoms. The molecule has 0 N–H and O–H groups in total. The van der Waals surface area contributed by atoms with Crippen molar-refractivity contribution in [2.75, 3.05) is 65.9 Å². The van der Waals surface area contributed by atoms with Crippen LogP contribution in [0.25, 0.3) is 0 Å². The fourth-order valence-corrected chi connectivity index (χ4v) is 6.36. The second-order valence-electron chi connectivity index (χ2n) is 14.3. The lowest BCUT2D eigenvalue weighted by Gasteiger charge is -2.34. The van der Waals surface area contributed by atoms with E-state index in [9.17, 15) is 4.79 Å². The standard InChI is InChI=1S/C39H77NO5/c1-7-13-21-35(10-4)28-42-31-39(32-43-29-36(11-5)22-14-8-2,33-44-30-37(12-6)23-15-9-3)34-45-38(41)24-17-20-27-40-25-18-16-19-26-40/h35-37H,7-34H2,1-6H3. The van der Waals surface area contributed by atoms with Gasteiger partial charge in [-0.25, -0.2) is 0 Å². The first-order valence-corrected chi connectivity index (χ1v) is 19.6. The zero-order chi connectivity index (χ0) is 33.0.